The van der Waals surface area contributed by atoms with Crippen LogP contribution in [0.3, 0.4) is 0 Å². The first-order valence-corrected chi connectivity index (χ1v) is 9.75. The second-order valence-electron chi connectivity index (χ2n) is 7.04. The maximum absolute atomic E-state index is 14.7. The lowest BCUT2D eigenvalue weighted by molar-refractivity contribution is 0.0679. The molecule has 0 bridgehead atoms. The van der Waals surface area contributed by atoms with Crippen LogP contribution in [0.5, 0.6) is 5.75 Å². The highest BCUT2D eigenvalue weighted by molar-refractivity contribution is 6.31. The van der Waals surface area contributed by atoms with Gasteiger partial charge in [-0.15, -0.1) is 0 Å². The van der Waals surface area contributed by atoms with Gasteiger partial charge in [0.2, 0.25) is 0 Å². The van der Waals surface area contributed by atoms with Crippen LogP contribution in [0.4, 0.5) is 4.39 Å². The number of carbonyl (C=O) groups excluding carboxylic acids is 1. The summed E-state index contributed by atoms with van der Waals surface area (Å²) in [6, 6.07) is 11.0. The van der Waals surface area contributed by atoms with E-state index in [1.807, 2.05) is 0 Å². The van der Waals surface area contributed by atoms with Crippen LogP contribution in [0, 0.1) is 5.82 Å². The fourth-order valence-electron chi connectivity index (χ4n) is 3.79. The number of methoxy groups -OCH3 is 1. The molecule has 0 radical (unpaired) electrons. The Morgan fingerprint density at radius 2 is 2.14 bits per heavy atom. The molecule has 1 atom stereocenters. The lowest BCUT2D eigenvalue weighted by Crippen LogP contribution is -2.37. The second kappa shape index (κ2) is 7.97. The molecule has 29 heavy (non-hydrogen) atoms. The number of pyridine rings is 1. The van der Waals surface area contributed by atoms with E-state index >= 15 is 0 Å². The van der Waals surface area contributed by atoms with Crippen LogP contribution in [-0.4, -0.2) is 47.2 Å². The van der Waals surface area contributed by atoms with Gasteiger partial charge in [0.15, 0.2) is 0 Å². The number of amides is 1. The first kappa shape index (κ1) is 19.6. The largest absolute Gasteiger partial charge is 0.497 e. The number of carbonyl (C=O) groups is 1. The maximum Gasteiger partial charge on any atom is 0.254 e. The van der Waals surface area contributed by atoms with Crippen molar-refractivity contribution in [3.63, 3.8) is 0 Å². The summed E-state index contributed by atoms with van der Waals surface area (Å²) >= 11 is 6.16. The zero-order chi connectivity index (χ0) is 20.5. The molecule has 1 saturated heterocycles. The number of hydrogen-bond donors (Lipinski definition) is 1. The minimum Gasteiger partial charge on any atom is -0.497 e. The molecular weight excluding hydrogens is 395 g/mol. The molecule has 5 nitrogen and oxygen atoms in total. The van der Waals surface area contributed by atoms with Gasteiger partial charge in [-0.3, -0.25) is 4.79 Å². The van der Waals surface area contributed by atoms with Crippen molar-refractivity contribution in [1.29, 1.82) is 0 Å². The van der Waals surface area contributed by atoms with Crippen molar-refractivity contribution in [2.24, 2.45) is 0 Å². The van der Waals surface area contributed by atoms with E-state index in [-0.39, 0.29) is 24.1 Å². The lowest BCUT2D eigenvalue weighted by Gasteiger charge is -2.24. The Morgan fingerprint density at radius 1 is 1.31 bits per heavy atom. The Bertz CT molecular complexity index is 1090. The van der Waals surface area contributed by atoms with Gasteiger partial charge in [0.25, 0.3) is 5.91 Å². The first-order chi connectivity index (χ1) is 14.0. The SMILES string of the molecule is COc1ccc(-c2cc(C(=O)N3CCCC3CO)c3cc(Cl)ccc3n2)c(F)c1. The first-order valence-electron chi connectivity index (χ1n) is 9.38. The summed E-state index contributed by atoms with van der Waals surface area (Å²) in [5.74, 6) is -0.303. The molecule has 0 spiro atoms. The summed E-state index contributed by atoms with van der Waals surface area (Å²) in [6.07, 6.45) is 1.59. The number of benzene rings is 2. The Hall–Kier alpha value is -2.70. The van der Waals surface area contributed by atoms with E-state index in [2.05, 4.69) is 4.98 Å². The number of hydrogen-bond acceptors (Lipinski definition) is 4. The summed E-state index contributed by atoms with van der Waals surface area (Å²) in [5, 5.41) is 10.7. The Morgan fingerprint density at radius 3 is 2.86 bits per heavy atom. The van der Waals surface area contributed by atoms with E-state index < -0.39 is 5.82 Å². The predicted molar refractivity (Wildman–Crippen MR) is 110 cm³/mol. The number of ether oxygens (including phenoxy) is 1. The van der Waals surface area contributed by atoms with Gasteiger partial charge in [-0.2, -0.15) is 0 Å². The molecular formula is C22H20ClFN2O3. The molecule has 0 aliphatic carbocycles. The Balaban J connectivity index is 1.88. The minimum absolute atomic E-state index is 0.0878. The van der Waals surface area contributed by atoms with Crippen LogP contribution in [0.25, 0.3) is 22.2 Å². The third kappa shape index (κ3) is 3.66. The van der Waals surface area contributed by atoms with E-state index in [1.165, 1.54) is 13.2 Å². The van der Waals surface area contributed by atoms with Gasteiger partial charge in [0, 0.05) is 28.6 Å². The zero-order valence-corrected chi connectivity index (χ0v) is 16.6. The number of rotatable bonds is 4. The van der Waals surface area contributed by atoms with Crippen LogP contribution in [-0.2, 0) is 0 Å². The normalized spacial score (nSPS) is 16.4. The van der Waals surface area contributed by atoms with E-state index in [9.17, 15) is 14.3 Å². The highest BCUT2D eigenvalue weighted by Crippen LogP contribution is 2.31. The smallest absolute Gasteiger partial charge is 0.254 e. The average Bonchev–Trinajstić information content (AvgIpc) is 3.21. The Kier molecular flexibility index (Phi) is 5.39. The van der Waals surface area contributed by atoms with Crippen LogP contribution in [0.1, 0.15) is 23.2 Å². The molecule has 150 valence electrons. The number of halogens is 2. The number of likely N-dealkylation sites (tertiary alicyclic amines) is 1. The summed E-state index contributed by atoms with van der Waals surface area (Å²) in [5.41, 5.74) is 1.56. The summed E-state index contributed by atoms with van der Waals surface area (Å²) < 4.78 is 19.7. The van der Waals surface area contributed by atoms with Crippen molar-refractivity contribution >= 4 is 28.4 Å². The fraction of sp³-hybridized carbons (Fsp3) is 0.273. The maximum atomic E-state index is 14.7. The highest BCUT2D eigenvalue weighted by Gasteiger charge is 2.30. The van der Waals surface area contributed by atoms with Crippen molar-refractivity contribution in [2.75, 3.05) is 20.3 Å². The summed E-state index contributed by atoms with van der Waals surface area (Å²) in [7, 11) is 1.47. The number of aromatic nitrogens is 1. The van der Waals surface area contributed by atoms with Crippen LogP contribution < -0.4 is 4.74 Å². The minimum atomic E-state index is -0.488. The number of aliphatic hydroxyl groups is 1. The summed E-state index contributed by atoms with van der Waals surface area (Å²) in [4.78, 5) is 19.6. The van der Waals surface area contributed by atoms with E-state index in [1.54, 1.807) is 41.3 Å². The molecule has 1 unspecified atom stereocenters. The van der Waals surface area contributed by atoms with Gasteiger partial charge in [0.1, 0.15) is 11.6 Å². The van der Waals surface area contributed by atoms with Gasteiger partial charge in [0.05, 0.1) is 36.5 Å². The van der Waals surface area contributed by atoms with Gasteiger partial charge in [-0.25, -0.2) is 9.37 Å². The molecule has 1 N–H and O–H groups in total. The highest BCUT2D eigenvalue weighted by atomic mass is 35.5. The van der Waals surface area contributed by atoms with Crippen molar-refractivity contribution < 1.29 is 19.0 Å². The molecule has 1 aliphatic rings. The van der Waals surface area contributed by atoms with Gasteiger partial charge in [-0.05, 0) is 49.2 Å². The number of nitrogens with zero attached hydrogens (tertiary/aromatic N) is 2. The van der Waals surface area contributed by atoms with E-state index in [0.717, 1.165) is 12.8 Å². The molecule has 1 fully saturated rings. The van der Waals surface area contributed by atoms with Gasteiger partial charge in [-0.1, -0.05) is 11.6 Å². The van der Waals surface area contributed by atoms with Crippen LogP contribution in [0.2, 0.25) is 5.02 Å². The van der Waals surface area contributed by atoms with Gasteiger partial charge >= 0.3 is 0 Å². The standard InChI is InChI=1S/C22H20ClFN2O3/c1-29-15-5-6-16(19(24)10-15)21-11-18(17-9-13(23)4-7-20(17)25-21)22(28)26-8-2-3-14(26)12-27/h4-7,9-11,14,27H,2-3,8,12H2,1H3. The third-order valence-corrected chi connectivity index (χ3v) is 5.54. The fourth-order valence-corrected chi connectivity index (χ4v) is 3.96. The molecule has 7 heteroatoms. The molecule has 0 saturated carbocycles. The quantitative estimate of drug-likeness (QED) is 0.691. The zero-order valence-electron chi connectivity index (χ0n) is 15.9. The molecule has 2 aromatic carbocycles. The monoisotopic (exact) mass is 414 g/mol. The lowest BCUT2D eigenvalue weighted by atomic mass is 10.0. The number of fused-ring (bicyclic) bond motifs is 1. The summed E-state index contributed by atoms with van der Waals surface area (Å²) in [6.45, 7) is 0.482. The molecule has 1 amide bonds. The Labute approximate surface area is 172 Å². The van der Waals surface area contributed by atoms with Crippen molar-refractivity contribution in [1.82, 2.24) is 9.88 Å². The van der Waals surface area contributed by atoms with Crippen molar-refractivity contribution in [3.05, 3.63) is 58.9 Å². The predicted octanol–water partition coefficient (Wildman–Crippen LogP) is 4.30. The van der Waals surface area contributed by atoms with E-state index in [4.69, 9.17) is 16.3 Å². The molecule has 3 aromatic rings. The third-order valence-electron chi connectivity index (χ3n) is 5.30. The topological polar surface area (TPSA) is 62.7 Å². The second-order valence-corrected chi connectivity index (χ2v) is 7.48. The van der Waals surface area contributed by atoms with E-state index in [0.29, 0.717) is 39.5 Å². The van der Waals surface area contributed by atoms with Crippen LogP contribution >= 0.6 is 11.6 Å². The molecule has 2 heterocycles. The number of aliphatic hydroxyl groups excluding tert-OH is 1. The van der Waals surface area contributed by atoms with Crippen molar-refractivity contribution in [3.8, 4) is 17.0 Å². The molecule has 1 aliphatic heterocycles. The van der Waals surface area contributed by atoms with Crippen LogP contribution in [0.15, 0.2) is 42.5 Å². The van der Waals surface area contributed by atoms with Crippen molar-refractivity contribution in [2.45, 2.75) is 18.9 Å². The average molecular weight is 415 g/mol. The molecule has 4 rings (SSSR count). The molecule has 1 aromatic heterocycles. The van der Waals surface area contributed by atoms with Gasteiger partial charge < -0.3 is 14.7 Å².